The summed E-state index contributed by atoms with van der Waals surface area (Å²) in [5.41, 5.74) is 1.49. The first-order chi connectivity index (χ1) is 10.7. The van der Waals surface area contributed by atoms with E-state index in [4.69, 9.17) is 4.74 Å². The highest BCUT2D eigenvalue weighted by Gasteiger charge is 2.10. The molecule has 22 heavy (non-hydrogen) atoms. The summed E-state index contributed by atoms with van der Waals surface area (Å²) in [6, 6.07) is 15.2. The Labute approximate surface area is 126 Å². The fraction of sp³-hybridized carbons (Fsp3) is 0. The summed E-state index contributed by atoms with van der Waals surface area (Å²) in [5.74, 6) is 0.970. The molecule has 1 heterocycles. The number of aromatic nitrogens is 2. The summed E-state index contributed by atoms with van der Waals surface area (Å²) < 4.78 is 5.79. The number of ether oxygens (including phenoxy) is 1. The Morgan fingerprint density at radius 3 is 2.68 bits per heavy atom. The van der Waals surface area contributed by atoms with Crippen molar-refractivity contribution < 1.29 is 9.66 Å². The van der Waals surface area contributed by atoms with Gasteiger partial charge < -0.3 is 4.74 Å². The highest BCUT2D eigenvalue weighted by molar-refractivity contribution is 5.67. The number of non-ortho nitro benzene ring substituents is 1. The van der Waals surface area contributed by atoms with E-state index in [0.29, 0.717) is 11.5 Å². The smallest absolute Gasteiger partial charge is 0.273 e. The van der Waals surface area contributed by atoms with Gasteiger partial charge in [-0.2, -0.15) is 0 Å². The largest absolute Gasteiger partial charge is 0.456 e. The van der Waals surface area contributed by atoms with Crippen LogP contribution in [0.15, 0.2) is 67.1 Å². The number of hydrogen-bond donors (Lipinski definition) is 0. The molecule has 6 heteroatoms. The third-order valence-electron chi connectivity index (χ3n) is 3.00. The van der Waals surface area contributed by atoms with Gasteiger partial charge in [0.25, 0.3) is 5.69 Å². The predicted molar refractivity (Wildman–Crippen MR) is 80.6 cm³/mol. The van der Waals surface area contributed by atoms with Crippen LogP contribution in [0.5, 0.6) is 11.5 Å². The fourth-order valence-electron chi connectivity index (χ4n) is 2.00. The number of hydrogen-bond acceptors (Lipinski definition) is 5. The standard InChI is InChI=1S/C16H11N3O3/c20-19(21)12-4-3-5-13(10-12)22-16-7-2-1-6-14(16)15-8-9-17-11-18-15/h1-11H. The maximum absolute atomic E-state index is 10.8. The number of nitro benzene ring substituents is 1. The monoisotopic (exact) mass is 293 g/mol. The van der Waals surface area contributed by atoms with Gasteiger partial charge in [-0.3, -0.25) is 10.1 Å². The van der Waals surface area contributed by atoms with E-state index in [1.54, 1.807) is 30.5 Å². The van der Waals surface area contributed by atoms with E-state index in [9.17, 15) is 10.1 Å². The molecule has 0 radical (unpaired) electrons. The van der Waals surface area contributed by atoms with Crippen LogP contribution in [-0.4, -0.2) is 14.9 Å². The molecule has 6 nitrogen and oxygen atoms in total. The van der Waals surface area contributed by atoms with Gasteiger partial charge in [0.2, 0.25) is 0 Å². The van der Waals surface area contributed by atoms with Crippen LogP contribution >= 0.6 is 0 Å². The average Bonchev–Trinajstić information content (AvgIpc) is 2.56. The molecule has 0 saturated carbocycles. The van der Waals surface area contributed by atoms with E-state index in [2.05, 4.69) is 9.97 Å². The zero-order chi connectivity index (χ0) is 15.4. The van der Waals surface area contributed by atoms with Crippen LogP contribution in [-0.2, 0) is 0 Å². The number of para-hydroxylation sites is 1. The third kappa shape index (κ3) is 2.90. The Kier molecular flexibility index (Phi) is 3.74. The molecule has 0 unspecified atom stereocenters. The van der Waals surface area contributed by atoms with E-state index in [-0.39, 0.29) is 5.69 Å². The lowest BCUT2D eigenvalue weighted by molar-refractivity contribution is -0.384. The molecule has 0 aliphatic rings. The Balaban J connectivity index is 1.97. The van der Waals surface area contributed by atoms with Crippen molar-refractivity contribution in [3.63, 3.8) is 0 Å². The molecular weight excluding hydrogens is 282 g/mol. The first-order valence-corrected chi connectivity index (χ1v) is 6.52. The highest BCUT2D eigenvalue weighted by Crippen LogP contribution is 2.32. The molecule has 0 amide bonds. The van der Waals surface area contributed by atoms with Crippen LogP contribution in [0.1, 0.15) is 0 Å². The van der Waals surface area contributed by atoms with Crippen molar-refractivity contribution in [1.29, 1.82) is 0 Å². The van der Waals surface area contributed by atoms with Gasteiger partial charge in [-0.05, 0) is 24.3 Å². The lowest BCUT2D eigenvalue weighted by Gasteiger charge is -2.10. The van der Waals surface area contributed by atoms with Crippen molar-refractivity contribution in [1.82, 2.24) is 9.97 Å². The second kappa shape index (κ2) is 6.01. The molecule has 2 aromatic carbocycles. The molecule has 3 rings (SSSR count). The van der Waals surface area contributed by atoms with Crippen molar-refractivity contribution in [2.24, 2.45) is 0 Å². The molecule has 0 fully saturated rings. The first-order valence-electron chi connectivity index (χ1n) is 6.52. The van der Waals surface area contributed by atoms with Gasteiger partial charge in [-0.15, -0.1) is 0 Å². The van der Waals surface area contributed by atoms with E-state index < -0.39 is 4.92 Å². The second-order valence-electron chi connectivity index (χ2n) is 4.45. The molecule has 1 aromatic heterocycles. The van der Waals surface area contributed by atoms with E-state index in [1.807, 2.05) is 18.2 Å². The lowest BCUT2D eigenvalue weighted by atomic mass is 10.1. The third-order valence-corrected chi connectivity index (χ3v) is 3.00. The van der Waals surface area contributed by atoms with Crippen LogP contribution in [0.25, 0.3) is 11.3 Å². The predicted octanol–water partition coefficient (Wildman–Crippen LogP) is 3.84. The van der Waals surface area contributed by atoms with Gasteiger partial charge in [0.05, 0.1) is 16.7 Å². The topological polar surface area (TPSA) is 78.2 Å². The lowest BCUT2D eigenvalue weighted by Crippen LogP contribution is -1.92. The van der Waals surface area contributed by atoms with Gasteiger partial charge >= 0.3 is 0 Å². The fourth-order valence-corrected chi connectivity index (χ4v) is 2.00. The summed E-state index contributed by atoms with van der Waals surface area (Å²) in [6.45, 7) is 0. The maximum Gasteiger partial charge on any atom is 0.273 e. The molecule has 0 spiro atoms. The van der Waals surface area contributed by atoms with Gasteiger partial charge in [0, 0.05) is 17.8 Å². The van der Waals surface area contributed by atoms with Crippen LogP contribution in [0.3, 0.4) is 0 Å². The van der Waals surface area contributed by atoms with E-state index in [0.717, 1.165) is 11.3 Å². The summed E-state index contributed by atoms with van der Waals surface area (Å²) in [6.07, 6.45) is 3.10. The summed E-state index contributed by atoms with van der Waals surface area (Å²) in [7, 11) is 0. The average molecular weight is 293 g/mol. The summed E-state index contributed by atoms with van der Waals surface area (Å²) in [5, 5.41) is 10.8. The Bertz CT molecular complexity index is 806. The minimum absolute atomic E-state index is 0.0167. The van der Waals surface area contributed by atoms with E-state index >= 15 is 0 Å². The van der Waals surface area contributed by atoms with Crippen molar-refractivity contribution in [3.8, 4) is 22.8 Å². The quantitative estimate of drug-likeness (QED) is 0.539. The highest BCUT2D eigenvalue weighted by atomic mass is 16.6. The molecule has 0 atom stereocenters. The van der Waals surface area contributed by atoms with Gasteiger partial charge in [-0.25, -0.2) is 9.97 Å². The number of nitrogens with zero attached hydrogens (tertiary/aromatic N) is 3. The molecule has 0 saturated heterocycles. The second-order valence-corrected chi connectivity index (χ2v) is 4.45. The summed E-state index contributed by atoms with van der Waals surface area (Å²) in [4.78, 5) is 18.5. The molecule has 0 bridgehead atoms. The first kappa shape index (κ1) is 13.7. The molecule has 3 aromatic rings. The van der Waals surface area contributed by atoms with Gasteiger partial charge in [-0.1, -0.05) is 18.2 Å². The zero-order valence-corrected chi connectivity index (χ0v) is 11.4. The van der Waals surface area contributed by atoms with Crippen molar-refractivity contribution >= 4 is 5.69 Å². The van der Waals surface area contributed by atoms with E-state index in [1.165, 1.54) is 18.5 Å². The maximum atomic E-state index is 10.8. The van der Waals surface area contributed by atoms with Gasteiger partial charge in [0.1, 0.15) is 17.8 Å². The van der Waals surface area contributed by atoms with Crippen molar-refractivity contribution in [2.45, 2.75) is 0 Å². The molecule has 0 aliphatic carbocycles. The normalized spacial score (nSPS) is 10.2. The molecule has 0 N–H and O–H groups in total. The number of nitro groups is 1. The van der Waals surface area contributed by atoms with Crippen LogP contribution in [0.4, 0.5) is 5.69 Å². The Morgan fingerprint density at radius 2 is 1.91 bits per heavy atom. The Morgan fingerprint density at radius 1 is 1.05 bits per heavy atom. The van der Waals surface area contributed by atoms with Crippen LogP contribution in [0, 0.1) is 10.1 Å². The molecular formula is C16H11N3O3. The Hall–Kier alpha value is -3.28. The minimum Gasteiger partial charge on any atom is -0.456 e. The number of benzene rings is 2. The SMILES string of the molecule is O=[N+]([O-])c1cccc(Oc2ccccc2-c2ccncn2)c1. The van der Waals surface area contributed by atoms with Crippen LogP contribution < -0.4 is 4.74 Å². The minimum atomic E-state index is -0.455. The molecule has 108 valence electrons. The molecule has 0 aliphatic heterocycles. The number of rotatable bonds is 4. The summed E-state index contributed by atoms with van der Waals surface area (Å²) >= 11 is 0. The zero-order valence-electron chi connectivity index (χ0n) is 11.4. The van der Waals surface area contributed by atoms with Crippen LogP contribution in [0.2, 0.25) is 0 Å². The van der Waals surface area contributed by atoms with Crippen molar-refractivity contribution in [3.05, 3.63) is 77.2 Å². The van der Waals surface area contributed by atoms with Crippen molar-refractivity contribution in [2.75, 3.05) is 0 Å². The van der Waals surface area contributed by atoms with Gasteiger partial charge in [0.15, 0.2) is 0 Å².